The summed E-state index contributed by atoms with van der Waals surface area (Å²) in [5, 5.41) is 10.7. The van der Waals surface area contributed by atoms with E-state index in [1.807, 2.05) is 0 Å². The second-order valence-electron chi connectivity index (χ2n) is 5.16. The molecule has 1 saturated heterocycles. The van der Waals surface area contributed by atoms with Crippen LogP contribution in [0.1, 0.15) is 26.7 Å². The van der Waals surface area contributed by atoms with Gasteiger partial charge in [-0.25, -0.2) is 0 Å². The van der Waals surface area contributed by atoms with Crippen LogP contribution in [0.3, 0.4) is 0 Å². The standard InChI is InChI=1S/C10H17F3N2O2/c1-9(2,15(16)17)7-14-5-3-8(4-6-14)10(11,12)13/h8H,3-7H2,1-2H3. The molecule has 0 spiro atoms. The maximum atomic E-state index is 12.4. The van der Waals surface area contributed by atoms with Crippen LogP contribution in [0.15, 0.2) is 0 Å². The molecule has 1 fully saturated rings. The van der Waals surface area contributed by atoms with Gasteiger partial charge in [0, 0.05) is 18.8 Å². The summed E-state index contributed by atoms with van der Waals surface area (Å²) in [4.78, 5) is 12.1. The van der Waals surface area contributed by atoms with E-state index >= 15 is 0 Å². The highest BCUT2D eigenvalue weighted by Crippen LogP contribution is 2.34. The minimum atomic E-state index is -4.13. The van der Waals surface area contributed by atoms with Gasteiger partial charge >= 0.3 is 6.18 Å². The van der Waals surface area contributed by atoms with Crippen LogP contribution in [0.25, 0.3) is 0 Å². The van der Waals surface area contributed by atoms with Crippen LogP contribution >= 0.6 is 0 Å². The predicted molar refractivity (Wildman–Crippen MR) is 56.3 cm³/mol. The van der Waals surface area contributed by atoms with Crippen LogP contribution in [0, 0.1) is 16.0 Å². The molecule has 0 aliphatic carbocycles. The van der Waals surface area contributed by atoms with Crippen molar-refractivity contribution in [2.24, 2.45) is 5.92 Å². The number of alkyl halides is 3. The minimum Gasteiger partial charge on any atom is -0.297 e. The first kappa shape index (κ1) is 14.2. The van der Waals surface area contributed by atoms with Gasteiger partial charge in [0.25, 0.3) is 0 Å². The zero-order valence-electron chi connectivity index (χ0n) is 9.96. The molecule has 0 radical (unpaired) electrons. The Morgan fingerprint density at radius 2 is 1.76 bits per heavy atom. The molecule has 1 aliphatic heterocycles. The van der Waals surface area contributed by atoms with Gasteiger partial charge in [-0.1, -0.05) is 0 Å². The molecule has 0 aromatic heterocycles. The summed E-state index contributed by atoms with van der Waals surface area (Å²) >= 11 is 0. The first-order valence-corrected chi connectivity index (χ1v) is 5.56. The van der Waals surface area contributed by atoms with E-state index in [1.54, 1.807) is 4.90 Å². The van der Waals surface area contributed by atoms with E-state index in [0.717, 1.165) is 0 Å². The van der Waals surface area contributed by atoms with E-state index < -0.39 is 17.6 Å². The van der Waals surface area contributed by atoms with Crippen LogP contribution in [0.5, 0.6) is 0 Å². The second-order valence-corrected chi connectivity index (χ2v) is 5.16. The highest BCUT2D eigenvalue weighted by atomic mass is 19.4. The summed E-state index contributed by atoms with van der Waals surface area (Å²) in [6, 6.07) is 0. The fourth-order valence-corrected chi connectivity index (χ4v) is 2.02. The summed E-state index contributed by atoms with van der Waals surface area (Å²) in [6.45, 7) is 3.74. The van der Waals surface area contributed by atoms with Crippen molar-refractivity contribution in [3.63, 3.8) is 0 Å². The average Bonchev–Trinajstić information content (AvgIpc) is 2.16. The molecule has 17 heavy (non-hydrogen) atoms. The molecule has 7 heteroatoms. The van der Waals surface area contributed by atoms with Gasteiger partial charge < -0.3 is 0 Å². The van der Waals surface area contributed by atoms with Gasteiger partial charge in [-0.2, -0.15) is 13.2 Å². The van der Waals surface area contributed by atoms with E-state index in [1.165, 1.54) is 13.8 Å². The zero-order chi connectivity index (χ0) is 13.3. The third-order valence-corrected chi connectivity index (χ3v) is 3.16. The van der Waals surface area contributed by atoms with E-state index in [9.17, 15) is 23.3 Å². The molecule has 0 aromatic rings. The molecule has 1 aliphatic rings. The Kier molecular flexibility index (Phi) is 4.01. The number of piperidine rings is 1. The number of nitro groups is 1. The Hall–Kier alpha value is -0.850. The number of likely N-dealkylation sites (tertiary alicyclic amines) is 1. The van der Waals surface area contributed by atoms with Gasteiger partial charge in [-0.15, -0.1) is 0 Å². The Labute approximate surface area is 97.9 Å². The molecule has 0 unspecified atom stereocenters. The van der Waals surface area contributed by atoms with E-state index in [2.05, 4.69) is 0 Å². The number of halogens is 3. The topological polar surface area (TPSA) is 46.4 Å². The third kappa shape index (κ3) is 3.83. The fourth-order valence-electron chi connectivity index (χ4n) is 2.02. The van der Waals surface area contributed by atoms with E-state index in [-0.39, 0.29) is 37.4 Å². The molecule has 0 aromatic carbocycles. The van der Waals surface area contributed by atoms with Crippen LogP contribution in [0.4, 0.5) is 13.2 Å². The number of nitrogens with zero attached hydrogens (tertiary/aromatic N) is 2. The molecule has 100 valence electrons. The first-order chi connectivity index (χ1) is 7.63. The lowest BCUT2D eigenvalue weighted by Gasteiger charge is -2.34. The maximum absolute atomic E-state index is 12.4. The normalized spacial score (nSPS) is 20.5. The zero-order valence-corrected chi connectivity index (χ0v) is 9.96. The highest BCUT2D eigenvalue weighted by Gasteiger charge is 2.42. The van der Waals surface area contributed by atoms with E-state index in [0.29, 0.717) is 0 Å². The highest BCUT2D eigenvalue weighted by molar-refractivity contribution is 4.81. The molecule has 1 heterocycles. The van der Waals surface area contributed by atoms with Crippen molar-refractivity contribution in [2.45, 2.75) is 38.4 Å². The van der Waals surface area contributed by atoms with Crippen molar-refractivity contribution in [1.82, 2.24) is 4.90 Å². The van der Waals surface area contributed by atoms with Crippen molar-refractivity contribution in [2.75, 3.05) is 19.6 Å². The summed E-state index contributed by atoms with van der Waals surface area (Å²) in [5.74, 6) is -1.25. The van der Waals surface area contributed by atoms with Crippen LogP contribution in [-0.2, 0) is 0 Å². The summed E-state index contributed by atoms with van der Waals surface area (Å²) in [7, 11) is 0. The maximum Gasteiger partial charge on any atom is 0.391 e. The van der Waals surface area contributed by atoms with Crippen LogP contribution in [0.2, 0.25) is 0 Å². The van der Waals surface area contributed by atoms with E-state index in [4.69, 9.17) is 0 Å². The average molecular weight is 254 g/mol. The lowest BCUT2D eigenvalue weighted by atomic mass is 9.95. The van der Waals surface area contributed by atoms with Gasteiger partial charge in [0.15, 0.2) is 0 Å². The molecule has 0 amide bonds. The second kappa shape index (κ2) is 4.80. The predicted octanol–water partition coefficient (Wildman–Crippen LogP) is 2.32. The Balaban J connectivity index is 2.46. The fraction of sp³-hybridized carbons (Fsp3) is 1.00. The SMILES string of the molecule is CC(C)(CN1CCC(C(F)(F)F)CC1)[N+](=O)[O-]. The molecular weight excluding hydrogens is 237 g/mol. The number of rotatable bonds is 3. The summed E-state index contributed by atoms with van der Waals surface area (Å²) < 4.78 is 37.2. The van der Waals surface area contributed by atoms with Crippen molar-refractivity contribution >= 4 is 0 Å². The largest absolute Gasteiger partial charge is 0.391 e. The van der Waals surface area contributed by atoms with Gasteiger partial charge in [0.2, 0.25) is 5.54 Å². The minimum absolute atomic E-state index is 0.0390. The van der Waals surface area contributed by atoms with Gasteiger partial charge in [0.1, 0.15) is 0 Å². The van der Waals surface area contributed by atoms with Crippen molar-refractivity contribution in [3.05, 3.63) is 10.1 Å². The quantitative estimate of drug-likeness (QED) is 0.573. The van der Waals surface area contributed by atoms with Crippen LogP contribution < -0.4 is 0 Å². The Morgan fingerprint density at radius 3 is 2.12 bits per heavy atom. The first-order valence-electron chi connectivity index (χ1n) is 5.56. The van der Waals surface area contributed by atoms with Gasteiger partial charge in [0.05, 0.1) is 12.5 Å². The molecule has 0 N–H and O–H groups in total. The van der Waals surface area contributed by atoms with Crippen molar-refractivity contribution in [1.29, 1.82) is 0 Å². The molecular formula is C10H17F3N2O2. The lowest BCUT2D eigenvalue weighted by Crippen LogP contribution is -2.48. The molecule has 0 saturated carbocycles. The summed E-state index contributed by atoms with van der Waals surface area (Å²) in [6.07, 6.45) is -4.06. The number of hydrogen-bond acceptors (Lipinski definition) is 3. The van der Waals surface area contributed by atoms with Crippen LogP contribution in [-0.4, -0.2) is 41.2 Å². The van der Waals surface area contributed by atoms with Gasteiger partial charge in [-0.3, -0.25) is 15.0 Å². The van der Waals surface area contributed by atoms with Gasteiger partial charge in [-0.05, 0) is 25.9 Å². The lowest BCUT2D eigenvalue weighted by molar-refractivity contribution is -0.561. The number of hydrogen-bond donors (Lipinski definition) is 0. The van der Waals surface area contributed by atoms with Crippen molar-refractivity contribution < 1.29 is 18.1 Å². The van der Waals surface area contributed by atoms with Crippen molar-refractivity contribution in [3.8, 4) is 0 Å². The summed E-state index contributed by atoms with van der Waals surface area (Å²) in [5.41, 5.74) is -1.11. The molecule has 1 rings (SSSR count). The Bertz CT molecular complexity index is 284. The monoisotopic (exact) mass is 254 g/mol. The molecule has 4 nitrogen and oxygen atoms in total. The smallest absolute Gasteiger partial charge is 0.297 e. The third-order valence-electron chi connectivity index (χ3n) is 3.16. The molecule has 0 atom stereocenters. The molecule has 0 bridgehead atoms. The Morgan fingerprint density at radius 1 is 1.29 bits per heavy atom.